The zero-order chi connectivity index (χ0) is 16.0. The van der Waals surface area contributed by atoms with Gasteiger partial charge in [0.2, 0.25) is 5.89 Å². The molecule has 1 aliphatic heterocycles. The summed E-state index contributed by atoms with van der Waals surface area (Å²) in [4.78, 5) is 19.3. The van der Waals surface area contributed by atoms with Crippen LogP contribution >= 0.6 is 0 Å². The van der Waals surface area contributed by atoms with Crippen LogP contribution in [0.1, 0.15) is 78.5 Å². The van der Waals surface area contributed by atoms with Gasteiger partial charge in [-0.1, -0.05) is 19.0 Å². The van der Waals surface area contributed by atoms with E-state index >= 15 is 0 Å². The first-order valence-corrected chi connectivity index (χ1v) is 8.35. The summed E-state index contributed by atoms with van der Waals surface area (Å²) in [6.07, 6.45) is 4.82. The van der Waals surface area contributed by atoms with Gasteiger partial charge in [0.1, 0.15) is 6.04 Å². The smallest absolute Gasteiger partial charge is 0.275 e. The number of aromatic amines is 1. The molecule has 7 heteroatoms. The van der Waals surface area contributed by atoms with Crippen LogP contribution in [0, 0.1) is 0 Å². The van der Waals surface area contributed by atoms with Crippen LogP contribution in [-0.4, -0.2) is 37.7 Å². The van der Waals surface area contributed by atoms with Crippen LogP contribution in [0.25, 0.3) is 0 Å². The molecule has 122 valence electrons. The maximum absolute atomic E-state index is 12.9. The zero-order valence-corrected chi connectivity index (χ0v) is 13.5. The Labute approximate surface area is 134 Å². The Morgan fingerprint density at radius 2 is 2.22 bits per heavy atom. The minimum Gasteiger partial charge on any atom is -0.337 e. The van der Waals surface area contributed by atoms with Crippen molar-refractivity contribution >= 4 is 5.91 Å². The molecule has 0 bridgehead atoms. The number of H-pyrrole nitrogens is 1. The molecule has 2 aromatic rings. The van der Waals surface area contributed by atoms with E-state index in [2.05, 4.69) is 20.3 Å². The van der Waals surface area contributed by atoms with Crippen LogP contribution in [-0.2, 0) is 12.8 Å². The fourth-order valence-electron chi connectivity index (χ4n) is 3.52. The van der Waals surface area contributed by atoms with Crippen LogP contribution in [0.2, 0.25) is 0 Å². The molecule has 3 heterocycles. The highest BCUT2D eigenvalue weighted by atomic mass is 16.5. The summed E-state index contributed by atoms with van der Waals surface area (Å²) >= 11 is 0. The maximum atomic E-state index is 12.9. The summed E-state index contributed by atoms with van der Waals surface area (Å²) in [5.74, 6) is 1.44. The first kappa shape index (κ1) is 14.4. The number of fused-ring (bicyclic) bond motifs is 1. The minimum absolute atomic E-state index is 0.0174. The monoisotopic (exact) mass is 315 g/mol. The largest absolute Gasteiger partial charge is 0.337 e. The first-order valence-electron chi connectivity index (χ1n) is 8.35. The SMILES string of the molecule is CC(C)c1noc([C@@H]2CCCN2C(=O)c2n[nH]c3c2CCC3)n1. The van der Waals surface area contributed by atoms with Crippen LogP contribution in [0.4, 0.5) is 0 Å². The van der Waals surface area contributed by atoms with Crippen molar-refractivity contribution in [3.05, 3.63) is 28.7 Å². The third kappa shape index (κ3) is 2.34. The molecule has 1 fully saturated rings. The summed E-state index contributed by atoms with van der Waals surface area (Å²) in [6, 6.07) is -0.128. The van der Waals surface area contributed by atoms with E-state index < -0.39 is 0 Å². The fraction of sp³-hybridized carbons (Fsp3) is 0.625. The molecule has 7 nitrogen and oxygen atoms in total. The number of amides is 1. The molecule has 1 aliphatic carbocycles. The van der Waals surface area contributed by atoms with Crippen LogP contribution < -0.4 is 0 Å². The van der Waals surface area contributed by atoms with Gasteiger partial charge in [-0.25, -0.2) is 0 Å². The van der Waals surface area contributed by atoms with E-state index in [1.807, 2.05) is 18.7 Å². The Kier molecular flexibility index (Phi) is 3.43. The van der Waals surface area contributed by atoms with E-state index in [0.717, 1.165) is 43.4 Å². The van der Waals surface area contributed by atoms with Gasteiger partial charge >= 0.3 is 0 Å². The van der Waals surface area contributed by atoms with Gasteiger partial charge in [-0.05, 0) is 32.1 Å². The lowest BCUT2D eigenvalue weighted by Crippen LogP contribution is -2.31. The van der Waals surface area contributed by atoms with E-state index in [-0.39, 0.29) is 17.9 Å². The lowest BCUT2D eigenvalue weighted by Gasteiger charge is -2.21. The highest BCUT2D eigenvalue weighted by Crippen LogP contribution is 2.34. The van der Waals surface area contributed by atoms with E-state index in [4.69, 9.17) is 4.52 Å². The molecular weight excluding hydrogens is 294 g/mol. The third-order valence-electron chi connectivity index (χ3n) is 4.78. The van der Waals surface area contributed by atoms with Gasteiger partial charge in [-0.2, -0.15) is 10.1 Å². The number of carbonyl (C=O) groups is 1. The molecular formula is C16H21N5O2. The molecule has 0 unspecified atom stereocenters. The van der Waals surface area contributed by atoms with Crippen LogP contribution in [0.5, 0.6) is 0 Å². The molecule has 2 aromatic heterocycles. The second kappa shape index (κ2) is 5.47. The molecule has 0 radical (unpaired) electrons. The lowest BCUT2D eigenvalue weighted by atomic mass is 10.1. The number of hydrogen-bond donors (Lipinski definition) is 1. The Balaban J connectivity index is 1.60. The molecule has 0 aromatic carbocycles. The molecule has 23 heavy (non-hydrogen) atoms. The Bertz CT molecular complexity index is 733. The number of rotatable bonds is 3. The van der Waals surface area contributed by atoms with Crippen molar-refractivity contribution in [2.45, 2.75) is 57.9 Å². The van der Waals surface area contributed by atoms with E-state index in [0.29, 0.717) is 24.0 Å². The van der Waals surface area contributed by atoms with Crippen LogP contribution in [0.15, 0.2) is 4.52 Å². The third-order valence-corrected chi connectivity index (χ3v) is 4.78. The molecule has 2 aliphatic rings. The number of nitrogens with zero attached hydrogens (tertiary/aromatic N) is 4. The van der Waals surface area contributed by atoms with Crippen molar-refractivity contribution in [2.24, 2.45) is 0 Å². The predicted octanol–water partition coefficient (Wildman–Crippen LogP) is 2.38. The lowest BCUT2D eigenvalue weighted by molar-refractivity contribution is 0.0703. The van der Waals surface area contributed by atoms with Gasteiger partial charge in [0.05, 0.1) is 0 Å². The van der Waals surface area contributed by atoms with Gasteiger partial charge in [0, 0.05) is 23.7 Å². The van der Waals surface area contributed by atoms with Gasteiger partial charge in [0.15, 0.2) is 11.5 Å². The number of hydrogen-bond acceptors (Lipinski definition) is 5. The number of aryl methyl sites for hydroxylation is 1. The number of carbonyl (C=O) groups excluding carboxylic acids is 1. The Hall–Kier alpha value is -2.18. The molecule has 1 saturated heterocycles. The molecule has 0 saturated carbocycles. The van der Waals surface area contributed by atoms with E-state index in [1.165, 1.54) is 0 Å². The van der Waals surface area contributed by atoms with Crippen LogP contribution in [0.3, 0.4) is 0 Å². The highest BCUT2D eigenvalue weighted by Gasteiger charge is 2.37. The van der Waals surface area contributed by atoms with Crippen molar-refractivity contribution in [1.82, 2.24) is 25.2 Å². The first-order chi connectivity index (χ1) is 11.1. The average molecular weight is 315 g/mol. The molecule has 0 spiro atoms. The van der Waals surface area contributed by atoms with Crippen molar-refractivity contribution in [2.75, 3.05) is 6.54 Å². The standard InChI is InChI=1S/C16H21N5O2/c1-9(2)14-17-15(23-20-14)12-7-4-8-21(12)16(22)13-10-5-3-6-11(10)18-19-13/h9,12H,3-8H2,1-2H3,(H,18,19)/t12-/m0/s1. The zero-order valence-electron chi connectivity index (χ0n) is 13.5. The van der Waals surface area contributed by atoms with Crippen molar-refractivity contribution in [1.29, 1.82) is 0 Å². The summed E-state index contributed by atoms with van der Waals surface area (Å²) in [6.45, 7) is 4.77. The topological polar surface area (TPSA) is 87.9 Å². The second-order valence-electron chi connectivity index (χ2n) is 6.68. The normalized spacial score (nSPS) is 20.5. The fourth-order valence-corrected chi connectivity index (χ4v) is 3.52. The molecule has 1 atom stereocenters. The van der Waals surface area contributed by atoms with Crippen molar-refractivity contribution < 1.29 is 9.32 Å². The predicted molar refractivity (Wildman–Crippen MR) is 82.0 cm³/mol. The van der Waals surface area contributed by atoms with E-state index in [9.17, 15) is 4.79 Å². The quantitative estimate of drug-likeness (QED) is 0.939. The minimum atomic E-state index is -0.128. The summed E-state index contributed by atoms with van der Waals surface area (Å²) in [5, 5.41) is 11.3. The average Bonchev–Trinajstić information content (AvgIpc) is 3.27. The summed E-state index contributed by atoms with van der Waals surface area (Å²) in [7, 11) is 0. The Morgan fingerprint density at radius 1 is 1.35 bits per heavy atom. The number of nitrogens with one attached hydrogen (secondary N) is 1. The van der Waals surface area contributed by atoms with E-state index in [1.54, 1.807) is 0 Å². The Morgan fingerprint density at radius 3 is 3.00 bits per heavy atom. The van der Waals surface area contributed by atoms with Gasteiger partial charge in [0.25, 0.3) is 5.91 Å². The number of likely N-dealkylation sites (tertiary alicyclic amines) is 1. The molecule has 4 rings (SSSR count). The molecule has 1 N–H and O–H groups in total. The van der Waals surface area contributed by atoms with Crippen molar-refractivity contribution in [3.63, 3.8) is 0 Å². The number of aromatic nitrogens is 4. The highest BCUT2D eigenvalue weighted by molar-refractivity contribution is 5.94. The van der Waals surface area contributed by atoms with Gasteiger partial charge < -0.3 is 9.42 Å². The summed E-state index contributed by atoms with van der Waals surface area (Å²) < 4.78 is 5.42. The van der Waals surface area contributed by atoms with Gasteiger partial charge in [-0.15, -0.1) is 0 Å². The van der Waals surface area contributed by atoms with Gasteiger partial charge in [-0.3, -0.25) is 9.89 Å². The molecule has 1 amide bonds. The summed E-state index contributed by atoms with van der Waals surface area (Å²) in [5.41, 5.74) is 2.78. The second-order valence-corrected chi connectivity index (χ2v) is 6.68. The van der Waals surface area contributed by atoms with Crippen molar-refractivity contribution in [3.8, 4) is 0 Å². The maximum Gasteiger partial charge on any atom is 0.275 e.